The second-order valence-corrected chi connectivity index (χ2v) is 9.74. The number of hydrogen-bond donors (Lipinski definition) is 1. The molecule has 1 aromatic carbocycles. The molecule has 0 bridgehead atoms. The van der Waals surface area contributed by atoms with Crippen LogP contribution in [0.2, 0.25) is 5.02 Å². The molecule has 0 radical (unpaired) electrons. The van der Waals surface area contributed by atoms with Gasteiger partial charge in [-0.25, -0.2) is 17.9 Å². The molecule has 2 aromatic heterocycles. The average molecular weight is 484 g/mol. The standard InChI is InChI=1S/C20H26ClN5O5S/c1-13(2)23-32(29,30)19-22-17-16(26(19)12-14-6-8-15(21)9-7-14)18(27)25(10-5-11-31-4)20(28)24(17)3/h6-9,13,23H,5,10-12H2,1-4H3. The van der Waals surface area contributed by atoms with Crippen molar-refractivity contribution in [3.63, 3.8) is 0 Å². The van der Waals surface area contributed by atoms with E-state index in [1.807, 2.05) is 0 Å². The molecule has 174 valence electrons. The maximum absolute atomic E-state index is 13.3. The molecular weight excluding hydrogens is 458 g/mol. The molecule has 0 fully saturated rings. The average Bonchev–Trinajstić information content (AvgIpc) is 3.10. The first-order valence-electron chi connectivity index (χ1n) is 10.0. The number of methoxy groups -OCH3 is 1. The highest BCUT2D eigenvalue weighted by Gasteiger charge is 2.28. The van der Waals surface area contributed by atoms with Crippen LogP contribution in [-0.4, -0.2) is 46.9 Å². The van der Waals surface area contributed by atoms with Crippen molar-refractivity contribution in [2.24, 2.45) is 7.05 Å². The molecular formula is C20H26ClN5O5S. The van der Waals surface area contributed by atoms with Crippen LogP contribution in [0, 0.1) is 0 Å². The van der Waals surface area contributed by atoms with Gasteiger partial charge in [0.25, 0.3) is 15.6 Å². The number of aryl methyl sites for hydroxylation is 1. The van der Waals surface area contributed by atoms with Crippen molar-refractivity contribution in [1.82, 2.24) is 23.4 Å². The van der Waals surface area contributed by atoms with Crippen LogP contribution in [0.5, 0.6) is 0 Å². The number of nitrogens with one attached hydrogen (secondary N) is 1. The van der Waals surface area contributed by atoms with E-state index in [4.69, 9.17) is 16.3 Å². The minimum absolute atomic E-state index is 0.00101. The largest absolute Gasteiger partial charge is 0.385 e. The van der Waals surface area contributed by atoms with Gasteiger partial charge in [0.2, 0.25) is 5.16 Å². The molecule has 3 rings (SSSR count). The van der Waals surface area contributed by atoms with Crippen molar-refractivity contribution < 1.29 is 13.2 Å². The minimum Gasteiger partial charge on any atom is -0.385 e. The lowest BCUT2D eigenvalue weighted by Crippen LogP contribution is -2.40. The van der Waals surface area contributed by atoms with Gasteiger partial charge in [0.15, 0.2) is 11.2 Å². The normalized spacial score (nSPS) is 12.2. The summed E-state index contributed by atoms with van der Waals surface area (Å²) in [6, 6.07) is 6.43. The Morgan fingerprint density at radius 3 is 2.41 bits per heavy atom. The topological polar surface area (TPSA) is 117 Å². The lowest BCUT2D eigenvalue weighted by molar-refractivity contribution is 0.189. The van der Waals surface area contributed by atoms with Crippen molar-refractivity contribution in [1.29, 1.82) is 0 Å². The van der Waals surface area contributed by atoms with E-state index in [2.05, 4.69) is 9.71 Å². The van der Waals surface area contributed by atoms with Crippen molar-refractivity contribution >= 4 is 32.8 Å². The number of ether oxygens (including phenoxy) is 1. The first-order chi connectivity index (χ1) is 15.1. The fraction of sp³-hybridized carbons (Fsp3) is 0.450. The van der Waals surface area contributed by atoms with Crippen LogP contribution < -0.4 is 16.0 Å². The van der Waals surface area contributed by atoms with Crippen LogP contribution in [0.25, 0.3) is 11.2 Å². The molecule has 0 atom stereocenters. The Kier molecular flexibility index (Phi) is 7.23. The lowest BCUT2D eigenvalue weighted by Gasteiger charge is -2.13. The van der Waals surface area contributed by atoms with Gasteiger partial charge >= 0.3 is 5.69 Å². The zero-order chi connectivity index (χ0) is 23.6. The van der Waals surface area contributed by atoms with Gasteiger partial charge in [-0.2, -0.15) is 4.98 Å². The SMILES string of the molecule is COCCCn1c(=O)c2c(nc(S(=O)(=O)NC(C)C)n2Cc2ccc(Cl)cc2)n(C)c1=O. The Labute approximate surface area is 190 Å². The molecule has 0 amide bonds. The van der Waals surface area contributed by atoms with Crippen molar-refractivity contribution in [3.8, 4) is 0 Å². The third-order valence-electron chi connectivity index (χ3n) is 4.81. The summed E-state index contributed by atoms with van der Waals surface area (Å²) in [4.78, 5) is 30.4. The Morgan fingerprint density at radius 1 is 1.16 bits per heavy atom. The summed E-state index contributed by atoms with van der Waals surface area (Å²) < 4.78 is 37.2. The van der Waals surface area contributed by atoms with Crippen LogP contribution in [0.1, 0.15) is 25.8 Å². The smallest absolute Gasteiger partial charge is 0.332 e. The van der Waals surface area contributed by atoms with Crippen LogP contribution >= 0.6 is 11.6 Å². The number of halogens is 1. The van der Waals surface area contributed by atoms with Gasteiger partial charge in [-0.05, 0) is 38.0 Å². The molecule has 0 spiro atoms. The van der Waals surface area contributed by atoms with Gasteiger partial charge in [-0.1, -0.05) is 23.7 Å². The summed E-state index contributed by atoms with van der Waals surface area (Å²) in [5.41, 5.74) is -0.430. The van der Waals surface area contributed by atoms with E-state index >= 15 is 0 Å². The van der Waals surface area contributed by atoms with Gasteiger partial charge in [-0.3, -0.25) is 13.9 Å². The Balaban J connectivity index is 2.31. The summed E-state index contributed by atoms with van der Waals surface area (Å²) in [7, 11) is -1.08. The van der Waals surface area contributed by atoms with E-state index < -0.39 is 27.3 Å². The Bertz CT molecular complexity index is 1340. The van der Waals surface area contributed by atoms with Crippen LogP contribution in [0.4, 0.5) is 0 Å². The lowest BCUT2D eigenvalue weighted by atomic mass is 10.2. The molecule has 0 unspecified atom stereocenters. The summed E-state index contributed by atoms with van der Waals surface area (Å²) in [5.74, 6) is 0. The number of benzene rings is 1. The summed E-state index contributed by atoms with van der Waals surface area (Å²) in [5, 5.41) is 0.194. The van der Waals surface area contributed by atoms with E-state index in [1.54, 1.807) is 38.1 Å². The maximum Gasteiger partial charge on any atom is 0.332 e. The molecule has 0 saturated heterocycles. The fourth-order valence-electron chi connectivity index (χ4n) is 3.40. The van der Waals surface area contributed by atoms with Crippen LogP contribution in [-0.2, 0) is 34.9 Å². The van der Waals surface area contributed by atoms with Gasteiger partial charge in [0.05, 0.1) is 6.54 Å². The zero-order valence-electron chi connectivity index (χ0n) is 18.3. The molecule has 0 saturated carbocycles. The first kappa shape index (κ1) is 24.2. The fourth-order valence-corrected chi connectivity index (χ4v) is 4.91. The van der Waals surface area contributed by atoms with E-state index in [0.717, 1.165) is 4.57 Å². The van der Waals surface area contributed by atoms with Gasteiger partial charge in [0.1, 0.15) is 0 Å². The number of hydrogen-bond acceptors (Lipinski definition) is 6. The Morgan fingerprint density at radius 2 is 1.81 bits per heavy atom. The summed E-state index contributed by atoms with van der Waals surface area (Å²) in [6.45, 7) is 3.92. The minimum atomic E-state index is -4.07. The van der Waals surface area contributed by atoms with Crippen molar-refractivity contribution in [2.45, 2.75) is 44.6 Å². The number of nitrogens with zero attached hydrogens (tertiary/aromatic N) is 4. The van der Waals surface area contributed by atoms with Crippen molar-refractivity contribution in [2.75, 3.05) is 13.7 Å². The number of imidazole rings is 1. The van der Waals surface area contributed by atoms with Crippen LogP contribution in [0.15, 0.2) is 39.0 Å². The summed E-state index contributed by atoms with van der Waals surface area (Å²) in [6.07, 6.45) is 0.447. The highest BCUT2D eigenvalue weighted by Crippen LogP contribution is 2.19. The first-order valence-corrected chi connectivity index (χ1v) is 11.9. The molecule has 3 aromatic rings. The number of rotatable bonds is 9. The van der Waals surface area contributed by atoms with E-state index in [1.165, 1.54) is 23.3 Å². The molecule has 0 aliphatic rings. The zero-order valence-corrected chi connectivity index (χ0v) is 19.9. The number of fused-ring (bicyclic) bond motifs is 1. The van der Waals surface area contributed by atoms with Gasteiger partial charge < -0.3 is 9.30 Å². The molecule has 12 heteroatoms. The maximum atomic E-state index is 13.3. The highest BCUT2D eigenvalue weighted by atomic mass is 35.5. The third kappa shape index (κ3) is 4.80. The predicted octanol–water partition coefficient (Wildman–Crippen LogP) is 1.32. The van der Waals surface area contributed by atoms with Crippen LogP contribution in [0.3, 0.4) is 0 Å². The highest BCUT2D eigenvalue weighted by molar-refractivity contribution is 7.89. The quantitative estimate of drug-likeness (QED) is 0.459. The Hall–Kier alpha value is -2.47. The van der Waals surface area contributed by atoms with E-state index in [0.29, 0.717) is 23.6 Å². The monoisotopic (exact) mass is 483 g/mol. The predicted molar refractivity (Wildman–Crippen MR) is 122 cm³/mol. The molecule has 1 N–H and O–H groups in total. The van der Waals surface area contributed by atoms with E-state index in [9.17, 15) is 18.0 Å². The van der Waals surface area contributed by atoms with Gasteiger partial charge in [-0.15, -0.1) is 0 Å². The molecule has 0 aliphatic heterocycles. The number of sulfonamides is 1. The summed E-state index contributed by atoms with van der Waals surface area (Å²) >= 11 is 5.97. The third-order valence-corrected chi connectivity index (χ3v) is 6.64. The van der Waals surface area contributed by atoms with E-state index in [-0.39, 0.29) is 29.4 Å². The second-order valence-electron chi connectivity index (χ2n) is 7.70. The second kappa shape index (κ2) is 9.57. The molecule has 10 nitrogen and oxygen atoms in total. The number of aromatic nitrogens is 4. The van der Waals surface area contributed by atoms with Gasteiger partial charge in [0, 0.05) is 38.4 Å². The molecule has 0 aliphatic carbocycles. The molecule has 32 heavy (non-hydrogen) atoms. The molecule has 2 heterocycles. The van der Waals surface area contributed by atoms with Crippen molar-refractivity contribution in [3.05, 3.63) is 55.7 Å².